The smallest absolute Gasteiger partial charge is 0.281 e. The summed E-state index contributed by atoms with van der Waals surface area (Å²) in [6, 6.07) is 15.3. The molecule has 134 valence electrons. The Kier molecular flexibility index (Phi) is 4.31. The van der Waals surface area contributed by atoms with Gasteiger partial charge in [0.2, 0.25) is 5.95 Å². The molecule has 0 fully saturated rings. The van der Waals surface area contributed by atoms with Crippen molar-refractivity contribution >= 4 is 40.5 Å². The summed E-state index contributed by atoms with van der Waals surface area (Å²) >= 11 is 5.84. The van der Waals surface area contributed by atoms with Crippen LogP contribution in [0, 0.1) is 10.1 Å². The number of para-hydroxylation sites is 2. The molecule has 0 aliphatic heterocycles. The van der Waals surface area contributed by atoms with Gasteiger partial charge in [-0.15, -0.1) is 0 Å². The van der Waals surface area contributed by atoms with Crippen LogP contribution in [-0.4, -0.2) is 21.1 Å². The Bertz CT molecular complexity index is 1130. The lowest BCUT2D eigenvalue weighted by atomic mass is 10.1. The third-order valence-electron chi connectivity index (χ3n) is 3.80. The Balaban J connectivity index is 1.53. The second-order valence-corrected chi connectivity index (χ2v) is 6.03. The van der Waals surface area contributed by atoms with Crippen LogP contribution < -0.4 is 5.43 Å². The normalized spacial score (nSPS) is 11.3. The van der Waals surface area contributed by atoms with Gasteiger partial charge in [0.25, 0.3) is 5.69 Å². The number of halogens is 1. The number of nitro groups is 1. The van der Waals surface area contributed by atoms with Crippen LogP contribution in [-0.2, 0) is 0 Å². The van der Waals surface area contributed by atoms with E-state index in [1.54, 1.807) is 24.3 Å². The van der Waals surface area contributed by atoms with Crippen LogP contribution in [0.4, 0.5) is 11.6 Å². The summed E-state index contributed by atoms with van der Waals surface area (Å²) in [6.07, 6.45) is 1.46. The minimum absolute atomic E-state index is 0.124. The predicted octanol–water partition coefficient (Wildman–Crippen LogP) is 4.83. The van der Waals surface area contributed by atoms with Gasteiger partial charge in [-0.1, -0.05) is 23.7 Å². The number of rotatable bonds is 5. The molecule has 0 aliphatic rings. The number of H-pyrrole nitrogens is 1. The molecule has 0 aliphatic carbocycles. The van der Waals surface area contributed by atoms with Gasteiger partial charge in [0, 0.05) is 11.1 Å². The SMILES string of the molecule is O=[N+]([O-])c1cc(Cl)ccc1-c1ccc(C=NNc2nc3ccccc3[nH]2)o1. The van der Waals surface area contributed by atoms with Crippen LogP contribution in [0.3, 0.4) is 0 Å². The number of nitrogens with zero attached hydrogens (tertiary/aromatic N) is 3. The van der Waals surface area contributed by atoms with Gasteiger partial charge < -0.3 is 9.40 Å². The molecule has 2 aromatic heterocycles. The van der Waals surface area contributed by atoms with E-state index < -0.39 is 4.92 Å². The molecule has 2 aromatic carbocycles. The van der Waals surface area contributed by atoms with E-state index in [-0.39, 0.29) is 10.7 Å². The Morgan fingerprint density at radius 1 is 1.22 bits per heavy atom. The van der Waals surface area contributed by atoms with Crippen molar-refractivity contribution in [2.45, 2.75) is 0 Å². The number of hydrazone groups is 1. The Labute approximate surface area is 157 Å². The van der Waals surface area contributed by atoms with Gasteiger partial charge in [0.05, 0.1) is 27.7 Å². The lowest BCUT2D eigenvalue weighted by Crippen LogP contribution is -1.92. The number of aromatic amines is 1. The maximum atomic E-state index is 11.2. The monoisotopic (exact) mass is 381 g/mol. The van der Waals surface area contributed by atoms with Gasteiger partial charge in [-0.05, 0) is 36.4 Å². The number of fused-ring (bicyclic) bond motifs is 1. The summed E-state index contributed by atoms with van der Waals surface area (Å²) in [7, 11) is 0. The second-order valence-electron chi connectivity index (χ2n) is 5.59. The zero-order chi connectivity index (χ0) is 18.8. The van der Waals surface area contributed by atoms with Crippen molar-refractivity contribution in [3.8, 4) is 11.3 Å². The fourth-order valence-corrected chi connectivity index (χ4v) is 2.76. The van der Waals surface area contributed by atoms with E-state index in [0.29, 0.717) is 23.0 Å². The van der Waals surface area contributed by atoms with E-state index in [1.807, 2.05) is 24.3 Å². The second kappa shape index (κ2) is 6.93. The van der Waals surface area contributed by atoms with E-state index in [1.165, 1.54) is 12.3 Å². The molecule has 0 atom stereocenters. The number of anilines is 1. The zero-order valence-corrected chi connectivity index (χ0v) is 14.5. The third kappa shape index (κ3) is 3.51. The van der Waals surface area contributed by atoms with E-state index in [0.717, 1.165) is 11.0 Å². The van der Waals surface area contributed by atoms with Crippen molar-refractivity contribution < 1.29 is 9.34 Å². The first-order chi connectivity index (χ1) is 13.1. The molecule has 8 nitrogen and oxygen atoms in total. The molecular formula is C18H12ClN5O3. The van der Waals surface area contributed by atoms with Crippen LogP contribution in [0.1, 0.15) is 5.76 Å². The largest absolute Gasteiger partial charge is 0.455 e. The number of benzene rings is 2. The number of aromatic nitrogens is 2. The molecule has 0 unspecified atom stereocenters. The molecule has 27 heavy (non-hydrogen) atoms. The average molecular weight is 382 g/mol. The number of imidazole rings is 1. The predicted molar refractivity (Wildman–Crippen MR) is 103 cm³/mol. The first-order valence-corrected chi connectivity index (χ1v) is 8.26. The lowest BCUT2D eigenvalue weighted by molar-refractivity contribution is -0.384. The van der Waals surface area contributed by atoms with Gasteiger partial charge >= 0.3 is 0 Å². The summed E-state index contributed by atoms with van der Waals surface area (Å²) in [5.41, 5.74) is 4.72. The first-order valence-electron chi connectivity index (χ1n) is 7.88. The molecule has 4 rings (SSSR count). The van der Waals surface area contributed by atoms with Crippen LogP contribution in [0.2, 0.25) is 5.02 Å². The van der Waals surface area contributed by atoms with Crippen molar-refractivity contribution in [2.75, 3.05) is 5.43 Å². The van der Waals surface area contributed by atoms with Crippen LogP contribution in [0.25, 0.3) is 22.4 Å². The van der Waals surface area contributed by atoms with Gasteiger partial charge in [-0.25, -0.2) is 10.4 Å². The molecule has 2 heterocycles. The first kappa shape index (κ1) is 16.8. The van der Waals surface area contributed by atoms with E-state index in [4.69, 9.17) is 16.0 Å². The molecule has 2 N–H and O–H groups in total. The van der Waals surface area contributed by atoms with Crippen molar-refractivity contribution in [3.05, 3.63) is 75.5 Å². The number of hydrogen-bond acceptors (Lipinski definition) is 6. The lowest BCUT2D eigenvalue weighted by Gasteiger charge is -2.00. The highest BCUT2D eigenvalue weighted by Crippen LogP contribution is 2.33. The number of nitro benzene ring substituents is 1. The van der Waals surface area contributed by atoms with Crippen molar-refractivity contribution in [2.24, 2.45) is 5.10 Å². The summed E-state index contributed by atoms with van der Waals surface area (Å²) in [6.45, 7) is 0. The van der Waals surface area contributed by atoms with Crippen LogP contribution in [0.5, 0.6) is 0 Å². The highest BCUT2D eigenvalue weighted by Gasteiger charge is 2.18. The fourth-order valence-electron chi connectivity index (χ4n) is 2.59. The molecule has 0 radical (unpaired) electrons. The molecule has 4 aromatic rings. The van der Waals surface area contributed by atoms with Gasteiger partial charge in [0.1, 0.15) is 11.5 Å². The van der Waals surface area contributed by atoms with Gasteiger partial charge in [-0.2, -0.15) is 5.10 Å². The highest BCUT2D eigenvalue weighted by molar-refractivity contribution is 6.30. The Morgan fingerprint density at radius 3 is 2.89 bits per heavy atom. The topological polar surface area (TPSA) is 109 Å². The van der Waals surface area contributed by atoms with Crippen molar-refractivity contribution in [1.29, 1.82) is 0 Å². The van der Waals surface area contributed by atoms with Crippen molar-refractivity contribution in [3.63, 3.8) is 0 Å². The number of nitrogens with one attached hydrogen (secondary N) is 2. The van der Waals surface area contributed by atoms with Gasteiger partial charge in [0.15, 0.2) is 0 Å². The standard InChI is InChI=1S/C18H12ClN5O3/c19-11-5-7-13(16(9-11)24(25)26)17-8-6-12(27-17)10-20-23-18-21-14-3-1-2-4-15(14)22-18/h1-10H,(H2,21,22,23). The summed E-state index contributed by atoms with van der Waals surface area (Å²) in [5, 5.41) is 15.6. The van der Waals surface area contributed by atoms with E-state index in [9.17, 15) is 10.1 Å². The van der Waals surface area contributed by atoms with Gasteiger partial charge in [-0.3, -0.25) is 10.1 Å². The third-order valence-corrected chi connectivity index (χ3v) is 4.04. The molecular weight excluding hydrogens is 370 g/mol. The van der Waals surface area contributed by atoms with E-state index in [2.05, 4.69) is 20.5 Å². The zero-order valence-electron chi connectivity index (χ0n) is 13.7. The van der Waals surface area contributed by atoms with Crippen LogP contribution in [0.15, 0.2) is 64.1 Å². The minimum atomic E-state index is -0.499. The molecule has 0 amide bonds. The highest BCUT2D eigenvalue weighted by atomic mass is 35.5. The molecule has 0 spiro atoms. The fraction of sp³-hybridized carbons (Fsp3) is 0. The summed E-state index contributed by atoms with van der Waals surface area (Å²) in [5.74, 6) is 1.27. The van der Waals surface area contributed by atoms with Crippen molar-refractivity contribution in [1.82, 2.24) is 9.97 Å². The average Bonchev–Trinajstić information content (AvgIpc) is 3.28. The maximum Gasteiger partial charge on any atom is 0.281 e. The van der Waals surface area contributed by atoms with E-state index >= 15 is 0 Å². The molecule has 9 heteroatoms. The Hall–Kier alpha value is -3.65. The molecule has 0 saturated carbocycles. The number of hydrogen-bond donors (Lipinski definition) is 2. The summed E-state index contributed by atoms with van der Waals surface area (Å²) < 4.78 is 5.63. The maximum absolute atomic E-state index is 11.2. The number of furan rings is 1. The molecule has 0 bridgehead atoms. The quantitative estimate of drug-likeness (QED) is 0.292. The molecule has 0 saturated heterocycles. The summed E-state index contributed by atoms with van der Waals surface area (Å²) in [4.78, 5) is 18.1. The Morgan fingerprint density at radius 2 is 2.07 bits per heavy atom. The minimum Gasteiger partial charge on any atom is -0.455 e. The van der Waals surface area contributed by atoms with Crippen LogP contribution >= 0.6 is 11.6 Å².